The lowest BCUT2D eigenvalue weighted by Crippen LogP contribution is -2.46. The fourth-order valence-corrected chi connectivity index (χ4v) is 1.97. The molecule has 6 nitrogen and oxygen atoms in total. The van der Waals surface area contributed by atoms with E-state index in [1.54, 1.807) is 0 Å². The summed E-state index contributed by atoms with van der Waals surface area (Å²) >= 11 is 0. The van der Waals surface area contributed by atoms with Crippen LogP contribution in [0.2, 0.25) is 0 Å². The number of likely N-dealkylation sites (N-methyl/N-ethyl adjacent to an activating group) is 1. The second kappa shape index (κ2) is 3.62. The van der Waals surface area contributed by atoms with Gasteiger partial charge in [-0.2, -0.15) is 0 Å². The molecule has 0 bridgehead atoms. The molecule has 0 atom stereocenters. The van der Waals surface area contributed by atoms with Gasteiger partial charge in [0.2, 0.25) is 0 Å². The van der Waals surface area contributed by atoms with Crippen molar-refractivity contribution in [3.05, 3.63) is 0 Å². The van der Waals surface area contributed by atoms with E-state index in [1.807, 2.05) is 0 Å². The highest BCUT2D eigenvalue weighted by molar-refractivity contribution is 6.44. The summed E-state index contributed by atoms with van der Waals surface area (Å²) in [5.41, 5.74) is 0. The molecule has 0 saturated carbocycles. The SMILES string of the molecule is CN1C(=O)C(=O)N(C2CCNCC2)C1=O. The van der Waals surface area contributed by atoms with Crippen LogP contribution in [0.3, 0.4) is 0 Å². The van der Waals surface area contributed by atoms with Crippen molar-refractivity contribution in [3.63, 3.8) is 0 Å². The number of carbonyl (C=O) groups excluding carboxylic acids is 3. The van der Waals surface area contributed by atoms with Crippen LogP contribution in [0.1, 0.15) is 12.8 Å². The predicted molar refractivity (Wildman–Crippen MR) is 50.9 cm³/mol. The summed E-state index contributed by atoms with van der Waals surface area (Å²) in [6.45, 7) is 1.55. The fraction of sp³-hybridized carbons (Fsp3) is 0.667. The van der Waals surface area contributed by atoms with Crippen molar-refractivity contribution in [2.24, 2.45) is 0 Å². The van der Waals surface area contributed by atoms with E-state index in [-0.39, 0.29) is 6.04 Å². The van der Waals surface area contributed by atoms with E-state index in [0.717, 1.165) is 35.7 Å². The van der Waals surface area contributed by atoms with Gasteiger partial charge in [0, 0.05) is 13.1 Å². The molecule has 2 heterocycles. The number of rotatable bonds is 1. The number of hydrogen-bond acceptors (Lipinski definition) is 4. The molecule has 0 aliphatic carbocycles. The van der Waals surface area contributed by atoms with Crippen LogP contribution in [0.4, 0.5) is 4.79 Å². The number of urea groups is 1. The lowest BCUT2D eigenvalue weighted by Gasteiger charge is -2.28. The molecule has 0 spiro atoms. The minimum Gasteiger partial charge on any atom is -0.317 e. The van der Waals surface area contributed by atoms with Gasteiger partial charge in [-0.05, 0) is 25.9 Å². The third kappa shape index (κ3) is 1.50. The van der Waals surface area contributed by atoms with E-state index in [0.29, 0.717) is 0 Å². The number of piperidine rings is 1. The maximum atomic E-state index is 11.6. The summed E-state index contributed by atoms with van der Waals surface area (Å²) in [5, 5.41) is 3.14. The summed E-state index contributed by atoms with van der Waals surface area (Å²) in [5.74, 6) is -1.41. The number of carbonyl (C=O) groups is 3. The van der Waals surface area contributed by atoms with Gasteiger partial charge in [0.15, 0.2) is 0 Å². The normalized spacial score (nSPS) is 24.2. The van der Waals surface area contributed by atoms with Crippen LogP contribution in [0.25, 0.3) is 0 Å². The average molecular weight is 211 g/mol. The van der Waals surface area contributed by atoms with E-state index in [1.165, 1.54) is 7.05 Å². The van der Waals surface area contributed by atoms with Crippen molar-refractivity contribution in [3.8, 4) is 0 Å². The Bertz CT molecular complexity index is 323. The molecule has 2 rings (SSSR count). The molecule has 15 heavy (non-hydrogen) atoms. The zero-order chi connectivity index (χ0) is 11.0. The highest BCUT2D eigenvalue weighted by atomic mass is 16.2. The molecule has 0 aromatic rings. The van der Waals surface area contributed by atoms with E-state index in [4.69, 9.17) is 0 Å². The molecule has 2 aliphatic heterocycles. The first-order chi connectivity index (χ1) is 7.13. The summed E-state index contributed by atoms with van der Waals surface area (Å²) in [6, 6.07) is -0.614. The van der Waals surface area contributed by atoms with Gasteiger partial charge in [-0.1, -0.05) is 0 Å². The van der Waals surface area contributed by atoms with Gasteiger partial charge in [0.05, 0.1) is 0 Å². The van der Waals surface area contributed by atoms with Crippen molar-refractivity contribution in [2.45, 2.75) is 18.9 Å². The number of nitrogens with zero attached hydrogens (tertiary/aromatic N) is 2. The monoisotopic (exact) mass is 211 g/mol. The Morgan fingerprint density at radius 2 is 1.73 bits per heavy atom. The largest absolute Gasteiger partial charge is 0.334 e. The van der Waals surface area contributed by atoms with Crippen molar-refractivity contribution >= 4 is 17.8 Å². The molecule has 2 saturated heterocycles. The zero-order valence-electron chi connectivity index (χ0n) is 8.52. The number of imide groups is 2. The molecule has 6 heteroatoms. The first-order valence-electron chi connectivity index (χ1n) is 4.99. The van der Waals surface area contributed by atoms with Crippen molar-refractivity contribution in [2.75, 3.05) is 20.1 Å². The van der Waals surface area contributed by atoms with E-state index in [2.05, 4.69) is 5.32 Å². The standard InChI is InChI=1S/C9H13N3O3/c1-11-7(13)8(14)12(9(11)15)6-2-4-10-5-3-6/h6,10H,2-5H2,1H3. The third-order valence-electron chi connectivity index (χ3n) is 2.87. The highest BCUT2D eigenvalue weighted by Crippen LogP contribution is 2.19. The second-order valence-electron chi connectivity index (χ2n) is 3.80. The minimum atomic E-state index is -0.724. The van der Waals surface area contributed by atoms with Crippen LogP contribution in [0.5, 0.6) is 0 Å². The topological polar surface area (TPSA) is 69.7 Å². The van der Waals surface area contributed by atoms with Gasteiger partial charge >= 0.3 is 17.8 Å². The molecule has 1 N–H and O–H groups in total. The van der Waals surface area contributed by atoms with Gasteiger partial charge in [-0.25, -0.2) is 4.79 Å². The van der Waals surface area contributed by atoms with E-state index < -0.39 is 17.8 Å². The van der Waals surface area contributed by atoms with Crippen LogP contribution in [0.15, 0.2) is 0 Å². The van der Waals surface area contributed by atoms with Crippen LogP contribution in [0, 0.1) is 0 Å². The molecule has 0 aromatic carbocycles. The Hall–Kier alpha value is -1.43. The number of hydrogen-bond donors (Lipinski definition) is 1. The third-order valence-corrected chi connectivity index (χ3v) is 2.87. The Kier molecular flexibility index (Phi) is 2.44. The summed E-state index contributed by atoms with van der Waals surface area (Å²) in [4.78, 5) is 36.4. The molecular weight excluding hydrogens is 198 g/mol. The molecule has 0 aromatic heterocycles. The summed E-state index contributed by atoms with van der Waals surface area (Å²) < 4.78 is 0. The molecule has 4 amide bonds. The van der Waals surface area contributed by atoms with Gasteiger partial charge in [0.25, 0.3) is 0 Å². The zero-order valence-corrected chi connectivity index (χ0v) is 8.52. The van der Waals surface area contributed by atoms with Crippen LogP contribution in [-0.2, 0) is 9.59 Å². The Labute approximate surface area is 87.2 Å². The number of nitrogens with one attached hydrogen (secondary N) is 1. The molecular formula is C9H13N3O3. The molecule has 0 radical (unpaired) electrons. The maximum Gasteiger partial charge on any atom is 0.334 e. The predicted octanol–water partition coefficient (Wildman–Crippen LogP) is -0.841. The summed E-state index contributed by atoms with van der Waals surface area (Å²) in [7, 11) is 1.34. The molecule has 2 fully saturated rings. The van der Waals surface area contributed by atoms with Gasteiger partial charge in [0.1, 0.15) is 0 Å². The van der Waals surface area contributed by atoms with E-state index >= 15 is 0 Å². The van der Waals surface area contributed by atoms with Gasteiger partial charge < -0.3 is 5.32 Å². The minimum absolute atomic E-state index is 0.125. The van der Waals surface area contributed by atoms with Crippen molar-refractivity contribution < 1.29 is 14.4 Å². The Morgan fingerprint density at radius 1 is 1.13 bits per heavy atom. The smallest absolute Gasteiger partial charge is 0.317 e. The molecule has 2 aliphatic rings. The molecule has 82 valence electrons. The lowest BCUT2D eigenvalue weighted by molar-refractivity contribution is -0.143. The van der Waals surface area contributed by atoms with Gasteiger partial charge in [-0.15, -0.1) is 0 Å². The first kappa shape index (κ1) is 10.1. The Balaban J connectivity index is 2.17. The van der Waals surface area contributed by atoms with Crippen LogP contribution < -0.4 is 5.32 Å². The lowest BCUT2D eigenvalue weighted by atomic mass is 10.1. The molecule has 0 unspecified atom stereocenters. The van der Waals surface area contributed by atoms with Crippen LogP contribution >= 0.6 is 0 Å². The van der Waals surface area contributed by atoms with E-state index in [9.17, 15) is 14.4 Å². The second-order valence-corrected chi connectivity index (χ2v) is 3.80. The maximum absolute atomic E-state index is 11.6. The quantitative estimate of drug-likeness (QED) is 0.453. The summed E-state index contributed by atoms with van der Waals surface area (Å²) in [6.07, 6.45) is 1.44. The Morgan fingerprint density at radius 3 is 2.20 bits per heavy atom. The highest BCUT2D eigenvalue weighted by Gasteiger charge is 2.45. The van der Waals surface area contributed by atoms with Crippen molar-refractivity contribution in [1.29, 1.82) is 0 Å². The average Bonchev–Trinajstić information content (AvgIpc) is 2.45. The fourth-order valence-electron chi connectivity index (χ4n) is 1.97. The number of amides is 4. The van der Waals surface area contributed by atoms with Gasteiger partial charge in [-0.3, -0.25) is 19.4 Å². The first-order valence-corrected chi connectivity index (χ1v) is 4.99. The van der Waals surface area contributed by atoms with Crippen LogP contribution in [-0.4, -0.2) is 53.8 Å². The van der Waals surface area contributed by atoms with Crippen molar-refractivity contribution in [1.82, 2.24) is 15.1 Å².